The number of nitrogens with zero attached hydrogens (tertiary/aromatic N) is 3. The first-order chi connectivity index (χ1) is 15.1. The smallest absolute Gasteiger partial charge is 0.422 e. The fourth-order valence-electron chi connectivity index (χ4n) is 3.30. The summed E-state index contributed by atoms with van der Waals surface area (Å²) in [6.07, 6.45) is -1.29. The predicted octanol–water partition coefficient (Wildman–Crippen LogP) is 4.30. The number of hydrogen-bond acceptors (Lipinski definition) is 6. The van der Waals surface area contributed by atoms with E-state index < -0.39 is 24.4 Å². The number of imidazole rings is 1. The highest BCUT2D eigenvalue weighted by Crippen LogP contribution is 2.35. The van der Waals surface area contributed by atoms with Crippen molar-refractivity contribution in [2.24, 2.45) is 4.99 Å². The minimum atomic E-state index is -4.48. The molecule has 0 bridgehead atoms. The number of benzene rings is 1. The molecular formula is C21H17ClF3N3O4. The Morgan fingerprint density at radius 1 is 1.28 bits per heavy atom. The zero-order valence-corrected chi connectivity index (χ0v) is 17.7. The van der Waals surface area contributed by atoms with Crippen LogP contribution in [0.4, 0.5) is 13.2 Å². The molecule has 168 valence electrons. The van der Waals surface area contributed by atoms with Gasteiger partial charge in [-0.05, 0) is 19.1 Å². The molecule has 11 heteroatoms. The maximum Gasteiger partial charge on any atom is 0.422 e. The molecule has 0 amide bonds. The second kappa shape index (κ2) is 8.01. The Balaban J connectivity index is 1.74. The van der Waals surface area contributed by atoms with Crippen molar-refractivity contribution in [3.05, 3.63) is 53.4 Å². The second-order valence-electron chi connectivity index (χ2n) is 7.27. The van der Waals surface area contributed by atoms with E-state index in [-0.39, 0.29) is 18.2 Å². The van der Waals surface area contributed by atoms with Gasteiger partial charge in [0.05, 0.1) is 18.7 Å². The van der Waals surface area contributed by atoms with E-state index in [1.807, 2.05) is 0 Å². The summed E-state index contributed by atoms with van der Waals surface area (Å²) in [5, 5.41) is 0.329. The number of hydrogen-bond donors (Lipinski definition) is 0. The molecule has 32 heavy (non-hydrogen) atoms. The molecule has 7 nitrogen and oxygen atoms in total. The number of halogens is 4. The van der Waals surface area contributed by atoms with E-state index >= 15 is 0 Å². The SMILES string of the molecule is COC(=O)C1(C)CN=C(c2cn3cc(Cl)cc(-c4ccccc4OCC(F)(F)F)c3n2)O1. The standard InChI is InChI=1S/C21H17ClF3N3O4/c1-20(19(29)30-2)10-26-18(32-20)15-9-28-8-12(22)7-14(17(28)27-15)13-5-3-4-6-16(13)31-11-21(23,24)25/h3-9H,10-11H2,1-2H3. The van der Waals surface area contributed by atoms with Gasteiger partial charge in [0, 0.05) is 23.5 Å². The summed E-state index contributed by atoms with van der Waals surface area (Å²) in [5.74, 6) is -0.393. The zero-order valence-electron chi connectivity index (χ0n) is 16.9. The number of methoxy groups -OCH3 is 1. The van der Waals surface area contributed by atoms with Crippen LogP contribution >= 0.6 is 11.6 Å². The quantitative estimate of drug-likeness (QED) is 0.523. The van der Waals surface area contributed by atoms with Gasteiger partial charge in [-0.3, -0.25) is 0 Å². The Kier molecular flexibility index (Phi) is 5.49. The molecule has 1 aromatic carbocycles. The molecule has 1 aliphatic heterocycles. The van der Waals surface area contributed by atoms with Gasteiger partial charge < -0.3 is 18.6 Å². The van der Waals surface area contributed by atoms with Crippen molar-refractivity contribution in [3.63, 3.8) is 0 Å². The number of carbonyl (C=O) groups is 1. The van der Waals surface area contributed by atoms with Crippen molar-refractivity contribution in [2.75, 3.05) is 20.3 Å². The summed E-state index contributed by atoms with van der Waals surface area (Å²) in [6.45, 7) is 0.184. The normalized spacial score (nSPS) is 18.4. The second-order valence-corrected chi connectivity index (χ2v) is 7.71. The lowest BCUT2D eigenvalue weighted by Gasteiger charge is -2.19. The summed E-state index contributed by atoms with van der Waals surface area (Å²) in [5.41, 5.74) is 0.296. The monoisotopic (exact) mass is 467 g/mol. The highest BCUT2D eigenvalue weighted by molar-refractivity contribution is 6.31. The third-order valence-electron chi connectivity index (χ3n) is 4.77. The fraction of sp³-hybridized carbons (Fsp3) is 0.286. The Labute approximate surface area is 185 Å². The highest BCUT2D eigenvalue weighted by Gasteiger charge is 2.43. The van der Waals surface area contributed by atoms with E-state index in [2.05, 4.69) is 9.98 Å². The van der Waals surface area contributed by atoms with E-state index in [9.17, 15) is 18.0 Å². The molecule has 0 saturated heterocycles. The number of pyridine rings is 1. The van der Waals surface area contributed by atoms with Crippen molar-refractivity contribution < 1.29 is 32.2 Å². The zero-order chi connectivity index (χ0) is 23.1. The van der Waals surface area contributed by atoms with Crippen LogP contribution in [0.2, 0.25) is 5.02 Å². The molecule has 1 unspecified atom stereocenters. The van der Waals surface area contributed by atoms with Crippen LogP contribution < -0.4 is 4.74 Å². The Morgan fingerprint density at radius 2 is 2.03 bits per heavy atom. The number of fused-ring (bicyclic) bond motifs is 1. The van der Waals surface area contributed by atoms with Gasteiger partial charge in [0.15, 0.2) is 6.61 Å². The number of aromatic nitrogens is 2. The first kappa shape index (κ1) is 21.9. The maximum atomic E-state index is 12.7. The molecule has 4 rings (SSSR count). The highest BCUT2D eigenvalue weighted by atomic mass is 35.5. The molecule has 0 spiro atoms. The number of esters is 1. The van der Waals surface area contributed by atoms with E-state index in [4.69, 9.17) is 25.8 Å². The van der Waals surface area contributed by atoms with Gasteiger partial charge in [-0.2, -0.15) is 13.2 Å². The molecule has 0 radical (unpaired) electrons. The average Bonchev–Trinajstić information content (AvgIpc) is 3.35. The minimum absolute atomic E-state index is 0.0336. The number of alkyl halides is 3. The van der Waals surface area contributed by atoms with Crippen molar-refractivity contribution in [1.29, 1.82) is 0 Å². The van der Waals surface area contributed by atoms with E-state index in [1.54, 1.807) is 48.0 Å². The topological polar surface area (TPSA) is 74.4 Å². The van der Waals surface area contributed by atoms with Crippen molar-refractivity contribution in [1.82, 2.24) is 9.38 Å². The average molecular weight is 468 g/mol. The summed E-state index contributed by atoms with van der Waals surface area (Å²) in [6, 6.07) is 7.88. The molecule has 2 aromatic heterocycles. The van der Waals surface area contributed by atoms with Crippen molar-refractivity contribution in [3.8, 4) is 16.9 Å². The van der Waals surface area contributed by atoms with Crippen LogP contribution in [0.1, 0.15) is 12.6 Å². The summed E-state index contributed by atoms with van der Waals surface area (Å²) in [7, 11) is 1.26. The van der Waals surface area contributed by atoms with Gasteiger partial charge in [0.25, 0.3) is 0 Å². The van der Waals surface area contributed by atoms with Gasteiger partial charge in [0.1, 0.15) is 17.1 Å². The largest absolute Gasteiger partial charge is 0.483 e. The lowest BCUT2D eigenvalue weighted by Crippen LogP contribution is -2.40. The van der Waals surface area contributed by atoms with Crippen LogP contribution in [0.15, 0.2) is 47.7 Å². The van der Waals surface area contributed by atoms with Crippen LogP contribution in [-0.4, -0.2) is 53.3 Å². The van der Waals surface area contributed by atoms with Crippen LogP contribution in [-0.2, 0) is 14.3 Å². The molecule has 3 aromatic rings. The van der Waals surface area contributed by atoms with Crippen LogP contribution in [0.5, 0.6) is 5.75 Å². The Hall–Kier alpha value is -3.27. The molecule has 0 N–H and O–H groups in total. The third-order valence-corrected chi connectivity index (χ3v) is 4.98. The molecule has 0 fully saturated rings. The summed E-state index contributed by atoms with van der Waals surface area (Å²) >= 11 is 6.26. The first-order valence-corrected chi connectivity index (χ1v) is 9.77. The molecule has 1 aliphatic rings. The fourth-order valence-corrected chi connectivity index (χ4v) is 3.51. The number of carbonyl (C=O) groups excluding carboxylic acids is 1. The predicted molar refractivity (Wildman–Crippen MR) is 110 cm³/mol. The number of ether oxygens (including phenoxy) is 3. The molecular weight excluding hydrogens is 451 g/mol. The van der Waals surface area contributed by atoms with Crippen molar-refractivity contribution >= 4 is 29.1 Å². The Morgan fingerprint density at radius 3 is 2.75 bits per heavy atom. The van der Waals surface area contributed by atoms with Crippen LogP contribution in [0.3, 0.4) is 0 Å². The molecule has 3 heterocycles. The van der Waals surface area contributed by atoms with Gasteiger partial charge in [0.2, 0.25) is 11.5 Å². The van der Waals surface area contributed by atoms with Gasteiger partial charge >= 0.3 is 12.1 Å². The number of rotatable bonds is 5. The number of para-hydroxylation sites is 1. The lowest BCUT2D eigenvalue weighted by atomic mass is 10.1. The Bertz CT molecular complexity index is 1220. The summed E-state index contributed by atoms with van der Waals surface area (Å²) in [4.78, 5) is 20.8. The minimum Gasteiger partial charge on any atom is -0.483 e. The van der Waals surface area contributed by atoms with Gasteiger partial charge in [-0.1, -0.05) is 29.8 Å². The van der Waals surface area contributed by atoms with E-state index in [1.165, 1.54) is 13.2 Å². The maximum absolute atomic E-state index is 12.7. The molecule has 1 atom stereocenters. The third kappa shape index (κ3) is 4.22. The van der Waals surface area contributed by atoms with Crippen molar-refractivity contribution in [2.45, 2.75) is 18.7 Å². The van der Waals surface area contributed by atoms with Crippen LogP contribution in [0.25, 0.3) is 16.8 Å². The van der Waals surface area contributed by atoms with E-state index in [0.29, 0.717) is 27.5 Å². The molecule has 0 saturated carbocycles. The number of aliphatic imine (C=N–C) groups is 1. The first-order valence-electron chi connectivity index (χ1n) is 9.39. The van der Waals surface area contributed by atoms with E-state index in [0.717, 1.165) is 0 Å². The summed E-state index contributed by atoms with van der Waals surface area (Å²) < 4.78 is 55.2. The lowest BCUT2D eigenvalue weighted by molar-refractivity contribution is -0.156. The van der Waals surface area contributed by atoms with Gasteiger partial charge in [-0.15, -0.1) is 0 Å². The van der Waals surface area contributed by atoms with Crippen LogP contribution in [0, 0.1) is 0 Å². The molecule has 0 aliphatic carbocycles. The van der Waals surface area contributed by atoms with Gasteiger partial charge in [-0.25, -0.2) is 14.8 Å².